The van der Waals surface area contributed by atoms with E-state index in [1.54, 1.807) is 12.1 Å². The molecule has 0 bridgehead atoms. The Labute approximate surface area is 387 Å². The number of phenolic OH excluding ortho intramolecular Hbond substituents is 1. The number of nitrogens with one attached hydrogen (secondary N) is 2. The molecule has 0 spiro atoms. The number of fused-ring (bicyclic) bond motifs is 3. The van der Waals surface area contributed by atoms with Crippen LogP contribution in [0.3, 0.4) is 0 Å². The normalized spacial score (nSPS) is 12.9. The van der Waals surface area contributed by atoms with E-state index in [9.17, 15) is 14.7 Å². The van der Waals surface area contributed by atoms with Crippen LogP contribution in [0.1, 0.15) is 36.8 Å². The number of aromatic hydroxyl groups is 1. The van der Waals surface area contributed by atoms with Gasteiger partial charge in [0.15, 0.2) is 0 Å². The fourth-order valence-electron chi connectivity index (χ4n) is 7.01. The number of anilines is 2. The Morgan fingerprint density at radius 2 is 1.23 bits per heavy atom. The number of carbonyl (C=O) groups excluding carboxylic acids is 2. The number of hydrogen-bond donors (Lipinski definition) is 4. The van der Waals surface area contributed by atoms with E-state index in [-0.39, 0.29) is 17.6 Å². The van der Waals surface area contributed by atoms with Crippen molar-refractivity contribution in [2.45, 2.75) is 43.4 Å². The van der Waals surface area contributed by atoms with Crippen LogP contribution in [0.25, 0.3) is 0 Å². The average Bonchev–Trinajstić information content (AvgIpc) is 3.30. The van der Waals surface area contributed by atoms with Gasteiger partial charge in [-0.05, 0) is 79.3 Å². The molecule has 2 aliphatic heterocycles. The van der Waals surface area contributed by atoms with Gasteiger partial charge in [0.1, 0.15) is 5.75 Å². The molecule has 0 saturated heterocycles. The molecular weight excluding hydrogens is 855 g/mol. The molecule has 2 amide bonds. The summed E-state index contributed by atoms with van der Waals surface area (Å²) in [5.74, 6) is 0.221. The molecule has 17 heteroatoms. The van der Waals surface area contributed by atoms with Crippen LogP contribution < -0.4 is 25.8 Å². The summed E-state index contributed by atoms with van der Waals surface area (Å²) < 4.78 is 45.5. The van der Waals surface area contributed by atoms with E-state index in [0.29, 0.717) is 138 Å². The molecule has 65 heavy (non-hydrogen) atoms. The van der Waals surface area contributed by atoms with E-state index >= 15 is 0 Å². The molecular formula is C48H71N5O11S. The van der Waals surface area contributed by atoms with Crippen LogP contribution >= 0.6 is 11.4 Å². The number of amides is 2. The molecule has 5 rings (SSSR count). The summed E-state index contributed by atoms with van der Waals surface area (Å²) in [5, 5.41) is 16.2. The van der Waals surface area contributed by atoms with E-state index in [2.05, 4.69) is 64.9 Å². The maximum Gasteiger partial charge on any atom is 0.222 e. The average molecular weight is 926 g/mol. The Morgan fingerprint density at radius 3 is 1.83 bits per heavy atom. The van der Waals surface area contributed by atoms with E-state index in [1.165, 1.54) is 37.7 Å². The number of phenols is 1. The molecule has 3 N–H and O–H groups in total. The van der Waals surface area contributed by atoms with Crippen LogP contribution in [0, 0.1) is 4.51 Å². The summed E-state index contributed by atoms with van der Waals surface area (Å²) in [7, 11) is 4.12. The van der Waals surface area contributed by atoms with Gasteiger partial charge >= 0.3 is 0 Å². The summed E-state index contributed by atoms with van der Waals surface area (Å²) in [4.78, 5) is 35.2. The number of benzene rings is 3. The van der Waals surface area contributed by atoms with Crippen molar-refractivity contribution in [1.82, 2.24) is 10.6 Å². The minimum Gasteiger partial charge on any atom is -0.508 e. The van der Waals surface area contributed by atoms with Crippen molar-refractivity contribution in [1.29, 1.82) is 0 Å². The topological polar surface area (TPSA) is 171 Å². The smallest absolute Gasteiger partial charge is 0.222 e. The lowest BCUT2D eigenvalue weighted by Crippen LogP contribution is -2.33. The number of ether oxygens (including phenoxy) is 8. The van der Waals surface area contributed by atoms with Crippen molar-refractivity contribution >= 4 is 40.2 Å². The fraction of sp³-hybridized carbons (Fsp3) is 0.583. The number of carbonyl (C=O) groups is 2. The first-order valence-corrected chi connectivity index (χ1v) is 23.8. The molecule has 16 nitrogen and oxygen atoms in total. The fourth-order valence-corrected chi connectivity index (χ4v) is 8.13. The van der Waals surface area contributed by atoms with E-state index in [1.807, 2.05) is 12.1 Å². The molecule has 0 atom stereocenters. The van der Waals surface area contributed by atoms with Crippen LogP contribution in [0.2, 0.25) is 0 Å². The first-order valence-electron chi connectivity index (χ1n) is 23.0. The monoisotopic (exact) mass is 925 g/mol. The number of nitrogens with zero attached hydrogens (tertiary/aromatic N) is 3. The molecule has 0 aliphatic carbocycles. The highest BCUT2D eigenvalue weighted by Gasteiger charge is 2.19. The zero-order valence-electron chi connectivity index (χ0n) is 38.4. The maximum absolute atomic E-state index is 12.5. The second kappa shape index (κ2) is 30.9. The molecule has 360 valence electrons. The van der Waals surface area contributed by atoms with Gasteiger partial charge in [-0.15, -0.1) is 0 Å². The zero-order chi connectivity index (χ0) is 45.7. The van der Waals surface area contributed by atoms with Gasteiger partial charge in [-0.2, -0.15) is 11.4 Å². The first-order chi connectivity index (χ1) is 31.9. The van der Waals surface area contributed by atoms with Gasteiger partial charge in [0.25, 0.3) is 0 Å². The largest absolute Gasteiger partial charge is 0.508 e. The maximum atomic E-state index is 12.5. The van der Waals surface area contributed by atoms with Gasteiger partial charge < -0.3 is 63.4 Å². The van der Waals surface area contributed by atoms with E-state index in [0.717, 1.165) is 49.0 Å². The molecule has 0 unspecified atom stereocenters. The second-order valence-corrected chi connectivity index (χ2v) is 16.9. The Bertz CT molecular complexity index is 1970. The summed E-state index contributed by atoms with van der Waals surface area (Å²) in [6.07, 6.45) is 4.44. The molecule has 0 fully saturated rings. The number of thiol groups is 1. The lowest BCUT2D eigenvalue weighted by atomic mass is 10.0. The Balaban J connectivity index is 0.728. The minimum atomic E-state index is -0.0576. The van der Waals surface area contributed by atoms with Crippen molar-refractivity contribution in [2.75, 3.05) is 156 Å². The summed E-state index contributed by atoms with van der Waals surface area (Å²) in [6.45, 7) is 10.1. The van der Waals surface area contributed by atoms with Crippen LogP contribution in [0.4, 0.5) is 17.1 Å². The molecule has 3 aromatic rings. The molecule has 2 aliphatic rings. The van der Waals surface area contributed by atoms with Gasteiger partial charge in [-0.3, -0.25) is 9.59 Å². The van der Waals surface area contributed by atoms with Gasteiger partial charge in [0, 0.05) is 73.9 Å². The molecule has 0 saturated carbocycles. The third kappa shape index (κ3) is 20.5. The van der Waals surface area contributed by atoms with Crippen molar-refractivity contribution in [3.05, 3.63) is 75.6 Å². The quantitative estimate of drug-likeness (QED) is 0.0297. The highest BCUT2D eigenvalue weighted by molar-refractivity contribution is 7.91. The SMILES string of the molecule is CN(C)c1ccc2c(c1)[SH]=c1cc3c(cc1=N2)CCCN3CCCC(=O)NCCOCCOCCOCCOCCOCCOCCOCCOCCC(=O)NCCc1ccc(O)cc1. The predicted octanol–water partition coefficient (Wildman–Crippen LogP) is 4.03. The van der Waals surface area contributed by atoms with Crippen LogP contribution in [-0.4, -0.2) is 163 Å². The Morgan fingerprint density at radius 1 is 0.677 bits per heavy atom. The number of rotatable bonds is 35. The lowest BCUT2D eigenvalue weighted by Gasteiger charge is -2.31. The van der Waals surface area contributed by atoms with E-state index in [4.69, 9.17) is 42.9 Å². The minimum absolute atomic E-state index is 0.0484. The van der Waals surface area contributed by atoms with Crippen molar-refractivity contribution in [3.63, 3.8) is 0 Å². The van der Waals surface area contributed by atoms with Gasteiger partial charge in [0.05, 0.1) is 117 Å². The standard InChI is InChI=1S/C48H71N5O11S/c1-52(2)40-9-12-42-45(36-40)65-46-37-44-39(35-43(46)51-42)5-3-17-53(44)18-4-6-47(55)50-16-20-58-22-24-60-26-28-62-30-32-64-34-33-63-31-29-61-27-25-59-23-21-57-19-14-48(56)49-15-13-38-7-10-41(54)11-8-38/h7-12,35-37,54,65H,3-6,13-34H2,1-2H3,(H,49,56)(H,50,55). The van der Waals surface area contributed by atoms with Gasteiger partial charge in [0.2, 0.25) is 11.8 Å². The van der Waals surface area contributed by atoms with Gasteiger partial charge in [-0.1, -0.05) is 12.1 Å². The van der Waals surface area contributed by atoms with Crippen molar-refractivity contribution in [2.24, 2.45) is 4.99 Å². The Kier molecular flexibility index (Phi) is 24.6. The van der Waals surface area contributed by atoms with Crippen molar-refractivity contribution < 1.29 is 52.6 Å². The summed E-state index contributed by atoms with van der Waals surface area (Å²) >= 11 is 1.19. The molecule has 0 radical (unpaired) electrons. The van der Waals surface area contributed by atoms with Crippen LogP contribution in [0.15, 0.2) is 64.5 Å². The Hall–Kier alpha value is -4.17. The third-order valence-corrected chi connectivity index (χ3v) is 11.7. The second-order valence-electron chi connectivity index (χ2n) is 15.7. The molecule has 2 heterocycles. The van der Waals surface area contributed by atoms with Crippen LogP contribution in [-0.2, 0) is 60.3 Å². The molecule has 0 aromatic heterocycles. The lowest BCUT2D eigenvalue weighted by molar-refractivity contribution is -0.122. The van der Waals surface area contributed by atoms with E-state index < -0.39 is 0 Å². The highest BCUT2D eigenvalue weighted by atomic mass is 32.1. The molecule has 3 aromatic carbocycles. The predicted molar refractivity (Wildman–Crippen MR) is 253 cm³/mol. The number of aryl methyl sites for hydroxylation is 1. The third-order valence-electron chi connectivity index (χ3n) is 10.5. The van der Waals surface area contributed by atoms with Gasteiger partial charge in [-0.25, -0.2) is 4.99 Å². The van der Waals surface area contributed by atoms with Crippen LogP contribution in [0.5, 0.6) is 5.75 Å². The summed E-state index contributed by atoms with van der Waals surface area (Å²) in [6, 6.07) is 18.0. The zero-order valence-corrected chi connectivity index (χ0v) is 39.3. The van der Waals surface area contributed by atoms with Crippen molar-refractivity contribution in [3.8, 4) is 5.75 Å². The highest BCUT2D eigenvalue weighted by Crippen LogP contribution is 2.34. The number of hydrogen-bond acceptors (Lipinski definition) is 14. The first kappa shape index (κ1) is 51.8. The summed E-state index contributed by atoms with van der Waals surface area (Å²) in [5.41, 5.74) is 5.92.